The molecule has 21 heavy (non-hydrogen) atoms. The van der Waals surface area contributed by atoms with Crippen molar-refractivity contribution in [2.24, 2.45) is 5.92 Å². The highest BCUT2D eigenvalue weighted by molar-refractivity contribution is 5.81. The second kappa shape index (κ2) is 6.94. The van der Waals surface area contributed by atoms with E-state index in [0.717, 1.165) is 12.2 Å². The number of rotatable bonds is 5. The largest absolute Gasteiger partial charge is 0.481 e. The molecule has 0 saturated carbocycles. The zero-order valence-corrected chi connectivity index (χ0v) is 13.1. The molecular weight excluding hydrogens is 266 g/mol. The maximum Gasteiger partial charge on any atom is 0.263 e. The van der Waals surface area contributed by atoms with Gasteiger partial charge in [0.2, 0.25) is 0 Å². The zero-order chi connectivity index (χ0) is 15.4. The number of amides is 1. The summed E-state index contributed by atoms with van der Waals surface area (Å²) in [5.41, 5.74) is 1.20. The van der Waals surface area contributed by atoms with Crippen LogP contribution in [0.2, 0.25) is 0 Å². The van der Waals surface area contributed by atoms with Crippen LogP contribution in [0.4, 0.5) is 0 Å². The molecule has 0 aliphatic carbocycles. The lowest BCUT2D eigenvalue weighted by molar-refractivity contribution is -0.137. The third-order valence-electron chi connectivity index (χ3n) is 4.04. The molecule has 1 aromatic carbocycles. The molecule has 0 radical (unpaired) electrons. The van der Waals surface area contributed by atoms with Crippen molar-refractivity contribution < 1.29 is 14.6 Å². The Bertz CT molecular complexity index is 487. The second-order valence-electron chi connectivity index (χ2n) is 6.11. The predicted octanol–water partition coefficient (Wildman–Crippen LogP) is 2.42. The summed E-state index contributed by atoms with van der Waals surface area (Å²) in [5.74, 6) is 1.38. The second-order valence-corrected chi connectivity index (χ2v) is 6.11. The predicted molar refractivity (Wildman–Crippen MR) is 82.4 cm³/mol. The fourth-order valence-electron chi connectivity index (χ4n) is 2.64. The van der Waals surface area contributed by atoms with E-state index in [1.165, 1.54) is 5.56 Å². The van der Waals surface area contributed by atoms with Crippen molar-refractivity contribution in [1.29, 1.82) is 0 Å². The van der Waals surface area contributed by atoms with E-state index in [9.17, 15) is 4.79 Å². The minimum absolute atomic E-state index is 0.000833. The Morgan fingerprint density at radius 2 is 2.19 bits per heavy atom. The van der Waals surface area contributed by atoms with E-state index < -0.39 is 6.10 Å². The van der Waals surface area contributed by atoms with Crippen LogP contribution < -0.4 is 4.74 Å². The Balaban J connectivity index is 1.96. The molecule has 1 amide bonds. The number of hydrogen-bond acceptors (Lipinski definition) is 3. The summed E-state index contributed by atoms with van der Waals surface area (Å²) in [6.07, 6.45) is 0.377. The summed E-state index contributed by atoms with van der Waals surface area (Å²) in [4.78, 5) is 14.1. The van der Waals surface area contributed by atoms with Crippen LogP contribution in [0.3, 0.4) is 0 Å². The smallest absolute Gasteiger partial charge is 0.263 e. The average Bonchev–Trinajstić information content (AvgIpc) is 2.95. The average molecular weight is 291 g/mol. The third kappa shape index (κ3) is 3.97. The van der Waals surface area contributed by atoms with Crippen molar-refractivity contribution in [2.75, 3.05) is 19.7 Å². The van der Waals surface area contributed by atoms with Gasteiger partial charge < -0.3 is 14.7 Å². The summed E-state index contributed by atoms with van der Waals surface area (Å²) < 4.78 is 5.79. The van der Waals surface area contributed by atoms with E-state index in [1.54, 1.807) is 11.8 Å². The van der Waals surface area contributed by atoms with Crippen molar-refractivity contribution in [3.8, 4) is 5.75 Å². The number of nitrogens with zero attached hydrogens (tertiary/aromatic N) is 1. The fourth-order valence-corrected chi connectivity index (χ4v) is 2.64. The van der Waals surface area contributed by atoms with Gasteiger partial charge in [-0.1, -0.05) is 26.0 Å². The van der Waals surface area contributed by atoms with Gasteiger partial charge in [-0.15, -0.1) is 0 Å². The summed E-state index contributed by atoms with van der Waals surface area (Å²) in [7, 11) is 0. The molecule has 1 aliphatic rings. The molecule has 2 unspecified atom stereocenters. The Morgan fingerprint density at radius 3 is 2.81 bits per heavy atom. The Kier molecular flexibility index (Phi) is 5.23. The van der Waals surface area contributed by atoms with Crippen molar-refractivity contribution in [2.45, 2.75) is 39.2 Å². The van der Waals surface area contributed by atoms with Gasteiger partial charge in [-0.2, -0.15) is 0 Å². The van der Waals surface area contributed by atoms with Gasteiger partial charge in [-0.3, -0.25) is 4.79 Å². The van der Waals surface area contributed by atoms with Gasteiger partial charge in [-0.05, 0) is 37.0 Å². The van der Waals surface area contributed by atoms with Crippen LogP contribution in [-0.4, -0.2) is 41.7 Å². The van der Waals surface area contributed by atoms with E-state index in [4.69, 9.17) is 9.84 Å². The van der Waals surface area contributed by atoms with E-state index in [1.807, 2.05) is 18.2 Å². The molecule has 1 saturated heterocycles. The highest BCUT2D eigenvalue weighted by Crippen LogP contribution is 2.22. The topological polar surface area (TPSA) is 49.8 Å². The summed E-state index contributed by atoms with van der Waals surface area (Å²) in [5, 5.41) is 9.15. The van der Waals surface area contributed by atoms with E-state index in [-0.39, 0.29) is 18.4 Å². The molecule has 0 bridgehead atoms. The summed E-state index contributed by atoms with van der Waals surface area (Å²) >= 11 is 0. The normalized spacial score (nSPS) is 19.9. The lowest BCUT2D eigenvalue weighted by Crippen LogP contribution is -2.39. The highest BCUT2D eigenvalue weighted by atomic mass is 16.5. The molecule has 0 spiro atoms. The van der Waals surface area contributed by atoms with Gasteiger partial charge in [0.1, 0.15) is 5.75 Å². The molecule has 1 aliphatic heterocycles. The van der Waals surface area contributed by atoms with Crippen molar-refractivity contribution in [1.82, 2.24) is 4.90 Å². The molecule has 2 atom stereocenters. The first-order chi connectivity index (χ1) is 10.0. The number of likely N-dealkylation sites (tertiary alicyclic amines) is 1. The number of aliphatic hydroxyl groups is 1. The monoisotopic (exact) mass is 291 g/mol. The number of carbonyl (C=O) groups excluding carboxylic acids is 1. The van der Waals surface area contributed by atoms with Gasteiger partial charge in [0, 0.05) is 25.6 Å². The van der Waals surface area contributed by atoms with Crippen LogP contribution in [0.1, 0.15) is 38.7 Å². The summed E-state index contributed by atoms with van der Waals surface area (Å²) in [6.45, 7) is 7.55. The van der Waals surface area contributed by atoms with Crippen LogP contribution in [0.25, 0.3) is 0 Å². The molecule has 4 nitrogen and oxygen atoms in total. The number of ether oxygens (including phenoxy) is 1. The molecule has 1 aromatic rings. The van der Waals surface area contributed by atoms with Gasteiger partial charge in [-0.25, -0.2) is 0 Å². The lowest BCUT2D eigenvalue weighted by Gasteiger charge is -2.22. The molecule has 1 fully saturated rings. The number of carbonyl (C=O) groups is 1. The Labute approximate surface area is 126 Å². The van der Waals surface area contributed by atoms with Gasteiger partial charge >= 0.3 is 0 Å². The maximum atomic E-state index is 12.3. The third-order valence-corrected chi connectivity index (χ3v) is 4.04. The standard InChI is InChI=1S/C17H25NO3/c1-12(2)15-5-4-6-16(9-15)21-13(3)17(20)18-8-7-14(10-18)11-19/h4-6,9,12-14,19H,7-8,10-11H2,1-3H3. The number of hydrogen-bond donors (Lipinski definition) is 1. The molecule has 4 heteroatoms. The molecule has 0 aromatic heterocycles. The van der Waals surface area contributed by atoms with Crippen LogP contribution in [0.5, 0.6) is 5.75 Å². The van der Waals surface area contributed by atoms with Gasteiger partial charge in [0.15, 0.2) is 6.10 Å². The van der Waals surface area contributed by atoms with Gasteiger partial charge in [0.05, 0.1) is 0 Å². The highest BCUT2D eigenvalue weighted by Gasteiger charge is 2.29. The molecule has 2 rings (SSSR count). The molecular formula is C17H25NO3. The van der Waals surface area contributed by atoms with Crippen molar-refractivity contribution in [3.05, 3.63) is 29.8 Å². The van der Waals surface area contributed by atoms with Crippen LogP contribution in [-0.2, 0) is 4.79 Å². The van der Waals surface area contributed by atoms with Crippen molar-refractivity contribution >= 4 is 5.91 Å². The molecule has 116 valence electrons. The van der Waals surface area contributed by atoms with Crippen LogP contribution in [0.15, 0.2) is 24.3 Å². The quantitative estimate of drug-likeness (QED) is 0.906. The van der Waals surface area contributed by atoms with E-state index in [2.05, 4.69) is 19.9 Å². The first kappa shape index (κ1) is 15.8. The molecule has 1 N–H and O–H groups in total. The van der Waals surface area contributed by atoms with Gasteiger partial charge in [0.25, 0.3) is 5.91 Å². The SMILES string of the molecule is CC(Oc1cccc(C(C)C)c1)C(=O)N1CCC(CO)C1. The number of benzene rings is 1. The molecule has 1 heterocycles. The zero-order valence-electron chi connectivity index (χ0n) is 13.1. The van der Waals surface area contributed by atoms with Crippen molar-refractivity contribution in [3.63, 3.8) is 0 Å². The Morgan fingerprint density at radius 1 is 1.43 bits per heavy atom. The van der Waals surface area contributed by atoms with Crippen LogP contribution in [0, 0.1) is 5.92 Å². The maximum absolute atomic E-state index is 12.3. The minimum atomic E-state index is -0.496. The van der Waals surface area contributed by atoms with Crippen LogP contribution >= 0.6 is 0 Å². The first-order valence-corrected chi connectivity index (χ1v) is 7.67. The number of aliphatic hydroxyl groups excluding tert-OH is 1. The summed E-state index contributed by atoms with van der Waals surface area (Å²) in [6, 6.07) is 7.90. The van der Waals surface area contributed by atoms with E-state index >= 15 is 0 Å². The minimum Gasteiger partial charge on any atom is -0.481 e. The Hall–Kier alpha value is -1.55. The first-order valence-electron chi connectivity index (χ1n) is 7.67. The lowest BCUT2D eigenvalue weighted by atomic mass is 10.0. The fraction of sp³-hybridized carbons (Fsp3) is 0.588. The van der Waals surface area contributed by atoms with E-state index in [0.29, 0.717) is 19.0 Å².